The van der Waals surface area contributed by atoms with Crippen LogP contribution in [0, 0.1) is 5.92 Å². The molecule has 1 aliphatic rings. The topological polar surface area (TPSA) is 44.5 Å². The Balaban J connectivity index is 1.76. The quantitative estimate of drug-likeness (QED) is 0.823. The first kappa shape index (κ1) is 16.3. The standard InChI is InChI=1S/C18H29NO2/c1-3-12-20-16-10-6-15(7-11-16)18(19)13-21-17-8-4-14(2)5-9-17/h6-7,10-11,14,17-18H,3-5,8-9,12-13,19H2,1-2H3. The summed E-state index contributed by atoms with van der Waals surface area (Å²) in [7, 11) is 0. The lowest BCUT2D eigenvalue weighted by Crippen LogP contribution is -2.25. The minimum atomic E-state index is -0.0513. The fourth-order valence-electron chi connectivity index (χ4n) is 2.76. The number of nitrogens with two attached hydrogens (primary N) is 1. The van der Waals surface area contributed by atoms with E-state index in [1.54, 1.807) is 0 Å². The van der Waals surface area contributed by atoms with E-state index in [-0.39, 0.29) is 6.04 Å². The van der Waals surface area contributed by atoms with E-state index < -0.39 is 0 Å². The van der Waals surface area contributed by atoms with Gasteiger partial charge in [-0.2, -0.15) is 0 Å². The van der Waals surface area contributed by atoms with Crippen LogP contribution >= 0.6 is 0 Å². The first-order valence-corrected chi connectivity index (χ1v) is 8.29. The number of benzene rings is 1. The summed E-state index contributed by atoms with van der Waals surface area (Å²) in [4.78, 5) is 0. The lowest BCUT2D eigenvalue weighted by atomic mass is 9.89. The van der Waals surface area contributed by atoms with Crippen LogP contribution in [0.25, 0.3) is 0 Å². The average molecular weight is 291 g/mol. The monoisotopic (exact) mass is 291 g/mol. The van der Waals surface area contributed by atoms with Crippen molar-refractivity contribution in [3.63, 3.8) is 0 Å². The number of rotatable bonds is 7. The van der Waals surface area contributed by atoms with Crippen LogP contribution in [-0.4, -0.2) is 19.3 Å². The zero-order chi connectivity index (χ0) is 15.1. The van der Waals surface area contributed by atoms with E-state index in [0.717, 1.165) is 30.3 Å². The summed E-state index contributed by atoms with van der Waals surface area (Å²) in [5.74, 6) is 1.77. The second-order valence-electron chi connectivity index (χ2n) is 6.24. The van der Waals surface area contributed by atoms with Crippen molar-refractivity contribution < 1.29 is 9.47 Å². The molecule has 0 radical (unpaired) electrons. The molecule has 0 heterocycles. The molecule has 0 spiro atoms. The fraction of sp³-hybridized carbons (Fsp3) is 0.667. The Hall–Kier alpha value is -1.06. The molecule has 0 aliphatic heterocycles. The largest absolute Gasteiger partial charge is 0.494 e. The van der Waals surface area contributed by atoms with Crippen molar-refractivity contribution in [1.82, 2.24) is 0 Å². The van der Waals surface area contributed by atoms with Crippen LogP contribution < -0.4 is 10.5 Å². The van der Waals surface area contributed by atoms with E-state index in [0.29, 0.717) is 12.7 Å². The maximum Gasteiger partial charge on any atom is 0.119 e. The molecular weight excluding hydrogens is 262 g/mol. The van der Waals surface area contributed by atoms with E-state index in [1.807, 2.05) is 24.3 Å². The molecular formula is C18H29NO2. The van der Waals surface area contributed by atoms with Gasteiger partial charge in [-0.05, 0) is 55.7 Å². The summed E-state index contributed by atoms with van der Waals surface area (Å²) in [5.41, 5.74) is 7.34. The van der Waals surface area contributed by atoms with Crippen molar-refractivity contribution in [2.75, 3.05) is 13.2 Å². The summed E-state index contributed by atoms with van der Waals surface area (Å²) in [6, 6.07) is 8.02. The second-order valence-corrected chi connectivity index (χ2v) is 6.24. The fourth-order valence-corrected chi connectivity index (χ4v) is 2.76. The molecule has 0 saturated heterocycles. The highest BCUT2D eigenvalue weighted by molar-refractivity contribution is 5.29. The first-order valence-electron chi connectivity index (χ1n) is 8.29. The van der Waals surface area contributed by atoms with Gasteiger partial charge in [-0.3, -0.25) is 0 Å². The molecule has 3 nitrogen and oxygen atoms in total. The Morgan fingerprint density at radius 2 is 1.81 bits per heavy atom. The van der Waals surface area contributed by atoms with Crippen LogP contribution in [0.5, 0.6) is 5.75 Å². The Bertz CT molecular complexity index is 396. The van der Waals surface area contributed by atoms with Crippen LogP contribution in [0.3, 0.4) is 0 Å². The Morgan fingerprint density at radius 3 is 2.43 bits per heavy atom. The second kappa shape index (κ2) is 8.40. The lowest BCUT2D eigenvalue weighted by Gasteiger charge is -2.27. The molecule has 118 valence electrons. The third-order valence-electron chi connectivity index (χ3n) is 4.26. The number of hydrogen-bond donors (Lipinski definition) is 1. The average Bonchev–Trinajstić information content (AvgIpc) is 2.52. The van der Waals surface area contributed by atoms with Crippen LogP contribution in [0.2, 0.25) is 0 Å². The van der Waals surface area contributed by atoms with Gasteiger partial charge in [-0.25, -0.2) is 0 Å². The lowest BCUT2D eigenvalue weighted by molar-refractivity contribution is 0.0126. The van der Waals surface area contributed by atoms with Gasteiger partial charge in [-0.1, -0.05) is 26.0 Å². The van der Waals surface area contributed by atoms with Crippen LogP contribution in [0.15, 0.2) is 24.3 Å². The summed E-state index contributed by atoms with van der Waals surface area (Å²) >= 11 is 0. The SMILES string of the molecule is CCCOc1ccc(C(N)COC2CCC(C)CC2)cc1. The summed E-state index contributed by atoms with van der Waals surface area (Å²) in [6.07, 6.45) is 6.34. The van der Waals surface area contributed by atoms with Gasteiger partial charge in [-0.15, -0.1) is 0 Å². The smallest absolute Gasteiger partial charge is 0.119 e. The van der Waals surface area contributed by atoms with Crippen molar-refractivity contribution in [2.45, 2.75) is 58.1 Å². The molecule has 3 heteroatoms. The van der Waals surface area contributed by atoms with Crippen molar-refractivity contribution in [3.8, 4) is 5.75 Å². The van der Waals surface area contributed by atoms with Crippen molar-refractivity contribution in [1.29, 1.82) is 0 Å². The Labute approximate surface area is 128 Å². The van der Waals surface area contributed by atoms with Crippen LogP contribution in [-0.2, 0) is 4.74 Å². The van der Waals surface area contributed by atoms with E-state index >= 15 is 0 Å². The van der Waals surface area contributed by atoms with Gasteiger partial charge in [0.2, 0.25) is 0 Å². The molecule has 1 aromatic rings. The predicted molar refractivity (Wildman–Crippen MR) is 86.5 cm³/mol. The Kier molecular flexibility index (Phi) is 6.52. The van der Waals surface area contributed by atoms with Gasteiger partial charge in [0.1, 0.15) is 5.75 Å². The third-order valence-corrected chi connectivity index (χ3v) is 4.26. The molecule has 0 aromatic heterocycles. The highest BCUT2D eigenvalue weighted by Gasteiger charge is 2.19. The minimum Gasteiger partial charge on any atom is -0.494 e. The van der Waals surface area contributed by atoms with Gasteiger partial charge in [0.15, 0.2) is 0 Å². The summed E-state index contributed by atoms with van der Waals surface area (Å²) in [6.45, 7) is 5.79. The van der Waals surface area contributed by atoms with Crippen molar-refractivity contribution in [2.24, 2.45) is 11.7 Å². The molecule has 1 aliphatic carbocycles. The Morgan fingerprint density at radius 1 is 1.14 bits per heavy atom. The van der Waals surface area contributed by atoms with Gasteiger partial charge < -0.3 is 15.2 Å². The summed E-state index contributed by atoms with van der Waals surface area (Å²) < 4.78 is 11.6. The molecule has 0 amide bonds. The maximum absolute atomic E-state index is 6.22. The van der Waals surface area contributed by atoms with E-state index in [1.165, 1.54) is 25.7 Å². The molecule has 1 aromatic carbocycles. The molecule has 21 heavy (non-hydrogen) atoms. The third kappa shape index (κ3) is 5.33. The van der Waals surface area contributed by atoms with E-state index in [9.17, 15) is 0 Å². The van der Waals surface area contributed by atoms with E-state index in [4.69, 9.17) is 15.2 Å². The number of ether oxygens (including phenoxy) is 2. The first-order chi connectivity index (χ1) is 10.2. The zero-order valence-corrected chi connectivity index (χ0v) is 13.4. The molecule has 1 saturated carbocycles. The van der Waals surface area contributed by atoms with Gasteiger partial charge >= 0.3 is 0 Å². The van der Waals surface area contributed by atoms with E-state index in [2.05, 4.69) is 13.8 Å². The molecule has 2 N–H and O–H groups in total. The molecule has 1 unspecified atom stereocenters. The van der Waals surface area contributed by atoms with Gasteiger partial charge in [0.05, 0.1) is 25.4 Å². The zero-order valence-electron chi connectivity index (χ0n) is 13.4. The van der Waals surface area contributed by atoms with Crippen molar-refractivity contribution >= 4 is 0 Å². The molecule has 1 atom stereocenters. The molecule has 0 bridgehead atoms. The highest BCUT2D eigenvalue weighted by atomic mass is 16.5. The van der Waals surface area contributed by atoms with Crippen LogP contribution in [0.1, 0.15) is 57.6 Å². The van der Waals surface area contributed by atoms with Crippen LogP contribution in [0.4, 0.5) is 0 Å². The minimum absolute atomic E-state index is 0.0513. The number of hydrogen-bond acceptors (Lipinski definition) is 3. The normalized spacial score (nSPS) is 23.8. The van der Waals surface area contributed by atoms with Gasteiger partial charge in [0.25, 0.3) is 0 Å². The maximum atomic E-state index is 6.22. The highest BCUT2D eigenvalue weighted by Crippen LogP contribution is 2.26. The molecule has 1 fully saturated rings. The molecule has 2 rings (SSSR count). The van der Waals surface area contributed by atoms with Crippen molar-refractivity contribution in [3.05, 3.63) is 29.8 Å². The predicted octanol–water partition coefficient (Wildman–Crippen LogP) is 4.07. The van der Waals surface area contributed by atoms with Gasteiger partial charge in [0, 0.05) is 0 Å². The summed E-state index contributed by atoms with van der Waals surface area (Å²) in [5, 5.41) is 0.